The largest absolute Gasteiger partial charge is 0.326 e. The Labute approximate surface area is 120 Å². The average Bonchev–Trinajstić information content (AvgIpc) is 2.45. The van der Waals surface area contributed by atoms with E-state index in [2.05, 4.69) is 19.2 Å². The molecule has 0 fully saturated rings. The van der Waals surface area contributed by atoms with Crippen LogP contribution in [0.1, 0.15) is 36.0 Å². The summed E-state index contributed by atoms with van der Waals surface area (Å²) in [7, 11) is 0. The Hall–Kier alpha value is -2.09. The van der Waals surface area contributed by atoms with Crippen molar-refractivity contribution < 1.29 is 4.79 Å². The molecule has 0 saturated carbocycles. The fourth-order valence-electron chi connectivity index (χ4n) is 2.31. The fourth-order valence-corrected chi connectivity index (χ4v) is 2.31. The van der Waals surface area contributed by atoms with Gasteiger partial charge in [0.2, 0.25) is 5.91 Å². The number of rotatable bonds is 4. The molecule has 2 rings (SSSR count). The standard InChI is InChI=1S/C18H21NO/c1-4-17(15-8-6-5-7-9-15)18(20)19-16-11-10-13(2)14(3)12-16/h5-12,17H,4H2,1-3H3,(H,19,20)/t17-/m0/s1. The van der Waals surface area contributed by atoms with E-state index in [1.165, 1.54) is 11.1 Å². The lowest BCUT2D eigenvalue weighted by molar-refractivity contribution is -0.117. The molecule has 2 aromatic carbocycles. The molecule has 0 heterocycles. The van der Waals surface area contributed by atoms with E-state index in [-0.39, 0.29) is 11.8 Å². The molecule has 1 amide bonds. The van der Waals surface area contributed by atoms with Gasteiger partial charge in [-0.2, -0.15) is 0 Å². The zero-order valence-electron chi connectivity index (χ0n) is 12.3. The van der Waals surface area contributed by atoms with Crippen molar-refractivity contribution in [3.8, 4) is 0 Å². The molecule has 0 aromatic heterocycles. The van der Waals surface area contributed by atoms with Crippen molar-refractivity contribution in [3.63, 3.8) is 0 Å². The summed E-state index contributed by atoms with van der Waals surface area (Å²) in [5, 5.41) is 3.02. The van der Waals surface area contributed by atoms with Gasteiger partial charge in [0, 0.05) is 5.69 Å². The molecule has 0 aliphatic heterocycles. The topological polar surface area (TPSA) is 29.1 Å². The monoisotopic (exact) mass is 267 g/mol. The van der Waals surface area contributed by atoms with Gasteiger partial charge in [0.1, 0.15) is 0 Å². The van der Waals surface area contributed by atoms with Crippen LogP contribution in [0.15, 0.2) is 48.5 Å². The Morgan fingerprint density at radius 1 is 1.05 bits per heavy atom. The Kier molecular flexibility index (Phi) is 4.57. The van der Waals surface area contributed by atoms with Crippen molar-refractivity contribution in [2.24, 2.45) is 0 Å². The van der Waals surface area contributed by atoms with Crippen molar-refractivity contribution in [2.75, 3.05) is 5.32 Å². The smallest absolute Gasteiger partial charge is 0.231 e. The lowest BCUT2D eigenvalue weighted by Crippen LogP contribution is -2.20. The molecule has 20 heavy (non-hydrogen) atoms. The van der Waals surface area contributed by atoms with E-state index < -0.39 is 0 Å². The SMILES string of the molecule is CC[C@H](C(=O)Nc1ccc(C)c(C)c1)c1ccccc1. The first-order valence-corrected chi connectivity index (χ1v) is 7.05. The van der Waals surface area contributed by atoms with Crippen LogP contribution in [0.2, 0.25) is 0 Å². The number of benzene rings is 2. The van der Waals surface area contributed by atoms with Crippen LogP contribution in [0.4, 0.5) is 5.69 Å². The summed E-state index contributed by atoms with van der Waals surface area (Å²) in [6, 6.07) is 15.9. The first-order chi connectivity index (χ1) is 9.61. The van der Waals surface area contributed by atoms with Gasteiger partial charge in [-0.05, 0) is 49.1 Å². The molecular formula is C18H21NO. The number of nitrogens with one attached hydrogen (secondary N) is 1. The van der Waals surface area contributed by atoms with Crippen LogP contribution in [0.3, 0.4) is 0 Å². The van der Waals surface area contributed by atoms with Gasteiger partial charge in [-0.25, -0.2) is 0 Å². The molecule has 0 bridgehead atoms. The average molecular weight is 267 g/mol. The van der Waals surface area contributed by atoms with Crippen LogP contribution in [0.25, 0.3) is 0 Å². The highest BCUT2D eigenvalue weighted by atomic mass is 16.1. The summed E-state index contributed by atoms with van der Waals surface area (Å²) in [6.07, 6.45) is 0.792. The summed E-state index contributed by atoms with van der Waals surface area (Å²) in [4.78, 5) is 12.4. The van der Waals surface area contributed by atoms with Gasteiger partial charge in [-0.1, -0.05) is 43.3 Å². The normalized spacial score (nSPS) is 11.9. The molecule has 0 saturated heterocycles. The summed E-state index contributed by atoms with van der Waals surface area (Å²) < 4.78 is 0. The molecule has 0 aliphatic rings. The highest BCUT2D eigenvalue weighted by Gasteiger charge is 2.18. The molecule has 1 atom stereocenters. The Bertz CT molecular complexity index is 590. The van der Waals surface area contributed by atoms with Gasteiger partial charge in [0.25, 0.3) is 0 Å². The zero-order valence-corrected chi connectivity index (χ0v) is 12.3. The van der Waals surface area contributed by atoms with E-state index in [0.717, 1.165) is 17.7 Å². The maximum absolute atomic E-state index is 12.4. The molecular weight excluding hydrogens is 246 g/mol. The number of aryl methyl sites for hydroxylation is 2. The van der Waals surface area contributed by atoms with E-state index in [9.17, 15) is 4.79 Å². The predicted molar refractivity (Wildman–Crippen MR) is 84.0 cm³/mol. The van der Waals surface area contributed by atoms with Crippen molar-refractivity contribution >= 4 is 11.6 Å². The number of carbonyl (C=O) groups is 1. The maximum atomic E-state index is 12.4. The van der Waals surface area contributed by atoms with Crippen molar-refractivity contribution in [2.45, 2.75) is 33.1 Å². The summed E-state index contributed by atoms with van der Waals surface area (Å²) in [6.45, 7) is 6.16. The Balaban J connectivity index is 2.15. The molecule has 0 unspecified atom stereocenters. The van der Waals surface area contributed by atoms with Crippen LogP contribution >= 0.6 is 0 Å². The minimum Gasteiger partial charge on any atom is -0.326 e. The minimum atomic E-state index is -0.0993. The summed E-state index contributed by atoms with van der Waals surface area (Å²) >= 11 is 0. The molecule has 1 N–H and O–H groups in total. The third-order valence-corrected chi connectivity index (χ3v) is 3.70. The number of anilines is 1. The van der Waals surface area contributed by atoms with E-state index in [1.54, 1.807) is 0 Å². The van der Waals surface area contributed by atoms with E-state index in [4.69, 9.17) is 0 Å². The third kappa shape index (κ3) is 3.27. The molecule has 2 aromatic rings. The van der Waals surface area contributed by atoms with Gasteiger partial charge < -0.3 is 5.32 Å². The minimum absolute atomic E-state index is 0.0574. The molecule has 2 nitrogen and oxygen atoms in total. The predicted octanol–water partition coefficient (Wildman–Crippen LogP) is 4.44. The van der Waals surface area contributed by atoms with Gasteiger partial charge in [0.05, 0.1) is 5.92 Å². The summed E-state index contributed by atoms with van der Waals surface area (Å²) in [5.41, 5.74) is 4.36. The van der Waals surface area contributed by atoms with Crippen LogP contribution < -0.4 is 5.32 Å². The third-order valence-electron chi connectivity index (χ3n) is 3.70. The molecule has 0 aliphatic carbocycles. The number of hydrogen-bond acceptors (Lipinski definition) is 1. The lowest BCUT2D eigenvalue weighted by atomic mass is 9.95. The van der Waals surface area contributed by atoms with Crippen molar-refractivity contribution in [1.82, 2.24) is 0 Å². The van der Waals surface area contributed by atoms with Crippen LogP contribution in [-0.4, -0.2) is 5.91 Å². The van der Waals surface area contributed by atoms with Crippen LogP contribution in [-0.2, 0) is 4.79 Å². The molecule has 104 valence electrons. The van der Waals surface area contributed by atoms with Crippen LogP contribution in [0, 0.1) is 13.8 Å². The second kappa shape index (κ2) is 6.38. The quantitative estimate of drug-likeness (QED) is 0.872. The van der Waals surface area contributed by atoms with Gasteiger partial charge in [0.15, 0.2) is 0 Å². The molecule has 0 spiro atoms. The maximum Gasteiger partial charge on any atom is 0.231 e. The van der Waals surface area contributed by atoms with Crippen LogP contribution in [0.5, 0.6) is 0 Å². The number of amides is 1. The highest BCUT2D eigenvalue weighted by molar-refractivity contribution is 5.95. The summed E-state index contributed by atoms with van der Waals surface area (Å²) in [5.74, 6) is -0.0419. The second-order valence-electron chi connectivity index (χ2n) is 5.16. The van der Waals surface area contributed by atoms with Gasteiger partial charge in [-0.3, -0.25) is 4.79 Å². The van der Waals surface area contributed by atoms with Gasteiger partial charge >= 0.3 is 0 Å². The van der Waals surface area contributed by atoms with E-state index in [1.807, 2.05) is 55.5 Å². The first kappa shape index (κ1) is 14.3. The lowest BCUT2D eigenvalue weighted by Gasteiger charge is -2.16. The van der Waals surface area contributed by atoms with E-state index in [0.29, 0.717) is 0 Å². The Morgan fingerprint density at radius 3 is 2.35 bits per heavy atom. The van der Waals surface area contributed by atoms with E-state index >= 15 is 0 Å². The zero-order chi connectivity index (χ0) is 14.5. The van der Waals surface area contributed by atoms with Gasteiger partial charge in [-0.15, -0.1) is 0 Å². The molecule has 0 radical (unpaired) electrons. The fraction of sp³-hybridized carbons (Fsp3) is 0.278. The van der Waals surface area contributed by atoms with Crippen molar-refractivity contribution in [1.29, 1.82) is 0 Å². The second-order valence-corrected chi connectivity index (χ2v) is 5.16. The first-order valence-electron chi connectivity index (χ1n) is 7.05. The number of hydrogen-bond donors (Lipinski definition) is 1. The number of carbonyl (C=O) groups excluding carboxylic acids is 1. The van der Waals surface area contributed by atoms with Crippen molar-refractivity contribution in [3.05, 3.63) is 65.2 Å². The highest BCUT2D eigenvalue weighted by Crippen LogP contribution is 2.22. The Morgan fingerprint density at radius 2 is 1.75 bits per heavy atom. The molecule has 2 heteroatoms.